The smallest absolute Gasteiger partial charge is 0.329 e. The molecule has 3 aliphatic rings. The molecule has 0 unspecified atom stereocenters. The van der Waals surface area contributed by atoms with E-state index in [1.165, 1.54) is 17.1 Å². The van der Waals surface area contributed by atoms with Crippen molar-refractivity contribution in [1.82, 2.24) is 20.5 Å². The molecule has 0 radical (unpaired) electrons. The highest BCUT2D eigenvalue weighted by molar-refractivity contribution is 8.00. The summed E-state index contributed by atoms with van der Waals surface area (Å²) in [6.45, 7) is 2.42. The molecular formula is C29H33ClN8O10S2. The van der Waals surface area contributed by atoms with Gasteiger partial charge in [0, 0.05) is 36.1 Å². The molecule has 50 heavy (non-hydrogen) atoms. The van der Waals surface area contributed by atoms with Crippen LogP contribution in [0.15, 0.2) is 33.9 Å². The van der Waals surface area contributed by atoms with Crippen LogP contribution in [0.3, 0.4) is 0 Å². The van der Waals surface area contributed by atoms with Gasteiger partial charge in [0.25, 0.3) is 17.7 Å². The van der Waals surface area contributed by atoms with Crippen LogP contribution in [0.1, 0.15) is 28.9 Å². The molecule has 0 spiro atoms. The van der Waals surface area contributed by atoms with Gasteiger partial charge in [0.1, 0.15) is 30.3 Å². The number of benzene rings is 1. The van der Waals surface area contributed by atoms with E-state index in [0.29, 0.717) is 35.4 Å². The number of thioether (sulfide) groups is 1. The molecule has 1 aromatic heterocycles. The Morgan fingerprint density at radius 2 is 1.96 bits per heavy atom. The third kappa shape index (κ3) is 7.43. The Kier molecular flexibility index (Phi) is 11.1. The Balaban J connectivity index is 1.30. The fourth-order valence-corrected chi connectivity index (χ4v) is 8.19. The monoisotopic (exact) mass is 752 g/mol. The highest BCUT2D eigenvalue weighted by Gasteiger charge is 2.54. The van der Waals surface area contributed by atoms with Crippen molar-refractivity contribution in [3.63, 3.8) is 0 Å². The lowest BCUT2D eigenvalue weighted by Crippen LogP contribution is -2.72. The Bertz CT molecular complexity index is 1780. The van der Waals surface area contributed by atoms with Crippen molar-refractivity contribution in [2.45, 2.75) is 30.3 Å². The van der Waals surface area contributed by atoms with Crippen LogP contribution in [-0.4, -0.2) is 128 Å². The van der Waals surface area contributed by atoms with Gasteiger partial charge in [0.15, 0.2) is 28.4 Å². The number of nitrogen functional groups attached to an aromatic ring is 1. The van der Waals surface area contributed by atoms with E-state index < -0.39 is 76.0 Å². The maximum Gasteiger partial charge on any atom is 0.329 e. The molecule has 268 valence electrons. The molecule has 21 heteroatoms. The highest BCUT2D eigenvalue weighted by Crippen LogP contribution is 2.41. The summed E-state index contributed by atoms with van der Waals surface area (Å²) < 4.78 is 0.632. The second-order valence-corrected chi connectivity index (χ2v) is 14.1. The molecule has 3 amide bonds. The van der Waals surface area contributed by atoms with Crippen LogP contribution < -0.4 is 27.2 Å². The van der Waals surface area contributed by atoms with Gasteiger partial charge in [-0.15, -0.1) is 23.1 Å². The fourth-order valence-electron chi connectivity index (χ4n) is 6.07. The van der Waals surface area contributed by atoms with Crippen molar-refractivity contribution in [3.05, 3.63) is 45.1 Å². The second kappa shape index (κ2) is 15.1. The number of hydrogen-bond donors (Lipinski definition) is 7. The summed E-state index contributed by atoms with van der Waals surface area (Å²) in [6, 6.07) is -0.842. The number of quaternary nitrogens is 1. The number of phenolic OH excluding ortho intramolecular Hbond substituents is 2. The van der Waals surface area contributed by atoms with Crippen LogP contribution in [-0.2, 0) is 24.0 Å². The summed E-state index contributed by atoms with van der Waals surface area (Å²) in [5.41, 5.74) is 11.1. The minimum atomic E-state index is -1.74. The molecule has 9 N–H and O–H groups in total. The Morgan fingerprint density at radius 1 is 1.24 bits per heavy atom. The van der Waals surface area contributed by atoms with Crippen LogP contribution in [0.5, 0.6) is 11.5 Å². The number of aromatic hydroxyl groups is 2. The predicted octanol–water partition coefficient (Wildman–Crippen LogP) is -1.63. The number of oxime groups is 1. The maximum atomic E-state index is 13.5. The van der Waals surface area contributed by atoms with Crippen molar-refractivity contribution in [2.75, 3.05) is 50.8 Å². The number of phenols is 2. The first-order valence-corrected chi connectivity index (χ1v) is 17.5. The predicted molar refractivity (Wildman–Crippen MR) is 178 cm³/mol. The summed E-state index contributed by atoms with van der Waals surface area (Å²) in [6.07, 6.45) is 1.98. The van der Waals surface area contributed by atoms with E-state index in [2.05, 4.69) is 20.8 Å². The lowest BCUT2D eigenvalue weighted by atomic mass is 10.0. The Morgan fingerprint density at radius 3 is 2.58 bits per heavy atom. The van der Waals surface area contributed by atoms with E-state index >= 15 is 0 Å². The van der Waals surface area contributed by atoms with Gasteiger partial charge in [0.05, 0.1) is 41.9 Å². The van der Waals surface area contributed by atoms with Crippen LogP contribution in [0.4, 0.5) is 5.13 Å². The molecule has 2 aromatic rings. The normalized spacial score (nSPS) is 20.5. The molecule has 0 saturated carbocycles. The molecule has 3 aliphatic heterocycles. The maximum absolute atomic E-state index is 13.5. The number of nitrogens with one attached hydrogen (secondary N) is 2. The first kappa shape index (κ1) is 36.6. The molecule has 0 bridgehead atoms. The number of halogens is 1. The molecule has 1 aromatic carbocycles. The van der Waals surface area contributed by atoms with E-state index in [0.717, 1.165) is 54.3 Å². The number of amides is 3. The fraction of sp³-hybridized carbons (Fsp3) is 0.414. The lowest BCUT2D eigenvalue weighted by molar-refractivity contribution is -0.910. The molecule has 0 aliphatic carbocycles. The zero-order valence-electron chi connectivity index (χ0n) is 26.2. The number of hydrogen-bond acceptors (Lipinski definition) is 15. The van der Waals surface area contributed by atoms with Crippen molar-refractivity contribution in [2.24, 2.45) is 10.9 Å². The van der Waals surface area contributed by atoms with E-state index in [1.807, 2.05) is 0 Å². The Labute approximate surface area is 297 Å². The van der Waals surface area contributed by atoms with E-state index in [9.17, 15) is 44.4 Å². The SMILES string of the molecule is NCC[N+]1(CC2=C(C(=O)[O-])N3C(=O)[C@@H](NC(=O)/C(=N\OC[C@H](NC(=O)c4ccc(O)c(O)c4Cl)C(=O)O)c4csc(N)n4)[C@H]3SC2)CCCC1. The van der Waals surface area contributed by atoms with Crippen molar-refractivity contribution in [3.8, 4) is 11.5 Å². The quantitative estimate of drug-likeness (QED) is 0.0375. The number of fused-ring (bicyclic) bond motifs is 1. The number of aromatic nitrogens is 1. The van der Waals surface area contributed by atoms with Crippen molar-refractivity contribution in [1.29, 1.82) is 0 Å². The van der Waals surface area contributed by atoms with E-state index in [4.69, 9.17) is 27.9 Å². The van der Waals surface area contributed by atoms with E-state index in [-0.39, 0.29) is 22.1 Å². The van der Waals surface area contributed by atoms with Gasteiger partial charge < -0.3 is 56.6 Å². The van der Waals surface area contributed by atoms with Crippen LogP contribution in [0, 0.1) is 0 Å². The van der Waals surface area contributed by atoms with Crippen LogP contribution in [0.2, 0.25) is 5.02 Å². The second-order valence-electron chi connectivity index (χ2n) is 11.7. The summed E-state index contributed by atoms with van der Waals surface area (Å²) >= 11 is 8.15. The zero-order valence-corrected chi connectivity index (χ0v) is 28.6. The number of thiazole rings is 1. The zero-order chi connectivity index (χ0) is 36.3. The van der Waals surface area contributed by atoms with Gasteiger partial charge in [-0.25, -0.2) is 9.78 Å². The number of carbonyl (C=O) groups excluding carboxylic acids is 4. The number of carbonyl (C=O) groups is 5. The third-order valence-corrected chi connectivity index (χ3v) is 10.9. The largest absolute Gasteiger partial charge is 0.543 e. The summed E-state index contributed by atoms with van der Waals surface area (Å²) in [5, 5.41) is 49.9. The van der Waals surface area contributed by atoms with Crippen LogP contribution >= 0.6 is 34.7 Å². The minimum Gasteiger partial charge on any atom is -0.543 e. The average molecular weight is 753 g/mol. The molecule has 2 saturated heterocycles. The van der Waals surface area contributed by atoms with Gasteiger partial charge in [-0.2, -0.15) is 0 Å². The number of nitrogens with zero attached hydrogens (tertiary/aromatic N) is 4. The number of carboxylic acid groups (broad SMARTS) is 2. The van der Waals surface area contributed by atoms with Gasteiger partial charge in [-0.1, -0.05) is 16.8 Å². The van der Waals surface area contributed by atoms with Crippen molar-refractivity contribution < 1.29 is 53.7 Å². The number of anilines is 1. The molecule has 18 nitrogen and oxygen atoms in total. The standard InChI is InChI=1S/C29H33ClN8O10S2/c30-18-14(3-4-17(39)22(18)40)23(41)33-15(27(44)45)10-48-36-19(16-12-50-29(32)34-16)24(42)35-20-25(43)37-21(28(46)47)13(11-49-26(20)37)9-38(8-5-31)6-1-2-7-38/h3-4,12,15,20,26H,1-2,5-11,31H2,(H7-,32,33,34,35,36,39,40,41,42,44,45,46,47)/t15-,20+,26+/m0/s1. The van der Waals surface area contributed by atoms with Crippen LogP contribution in [0.25, 0.3) is 0 Å². The lowest BCUT2D eigenvalue weighted by Gasteiger charge is -2.51. The number of nitrogens with two attached hydrogens (primary N) is 2. The Hall–Kier alpha value is -4.63. The third-order valence-electron chi connectivity index (χ3n) is 8.49. The van der Waals surface area contributed by atoms with Gasteiger partial charge in [0.2, 0.25) is 0 Å². The summed E-state index contributed by atoms with van der Waals surface area (Å²) in [4.78, 5) is 74.1. The first-order valence-electron chi connectivity index (χ1n) is 15.2. The molecule has 3 atom stereocenters. The number of β-lactam (4-membered cyclic amide) rings is 1. The van der Waals surface area contributed by atoms with E-state index in [1.54, 1.807) is 0 Å². The van der Waals surface area contributed by atoms with Gasteiger partial charge in [-0.3, -0.25) is 19.3 Å². The minimum absolute atomic E-state index is 0.0586. The first-order chi connectivity index (χ1) is 23.8. The summed E-state index contributed by atoms with van der Waals surface area (Å²) in [7, 11) is 0. The van der Waals surface area contributed by atoms with Crippen molar-refractivity contribution >= 4 is 75.2 Å². The molecule has 5 rings (SSSR count). The van der Waals surface area contributed by atoms with Gasteiger partial charge in [-0.05, 0) is 12.1 Å². The summed E-state index contributed by atoms with van der Waals surface area (Å²) in [5.74, 6) is -6.79. The average Bonchev–Trinajstić information content (AvgIpc) is 3.72. The molecular weight excluding hydrogens is 720 g/mol. The topological polar surface area (TPSA) is 283 Å². The number of rotatable bonds is 14. The number of aliphatic carboxylic acids is 2. The molecule has 4 heterocycles. The molecule has 2 fully saturated rings. The number of carboxylic acids is 2. The van der Waals surface area contributed by atoms with Gasteiger partial charge >= 0.3 is 5.97 Å². The highest BCUT2D eigenvalue weighted by atomic mass is 35.5. The number of likely N-dealkylation sites (tertiary alicyclic amines) is 1.